The average Bonchev–Trinajstić information content (AvgIpc) is 2.64. The molecular weight excluding hydrogens is 339 g/mol. The molecule has 136 valence electrons. The van der Waals surface area contributed by atoms with Gasteiger partial charge in [0.15, 0.2) is 23.1 Å². The summed E-state index contributed by atoms with van der Waals surface area (Å²) in [6, 6.07) is 9.41. The fourth-order valence-electron chi connectivity index (χ4n) is 2.44. The zero-order valence-electron chi connectivity index (χ0n) is 14.5. The lowest BCUT2D eigenvalue weighted by Crippen LogP contribution is -2.05. The van der Waals surface area contributed by atoms with Crippen molar-refractivity contribution in [3.8, 4) is 23.0 Å². The zero-order valence-corrected chi connectivity index (χ0v) is 14.5. The van der Waals surface area contributed by atoms with Gasteiger partial charge in [-0.3, -0.25) is 4.98 Å². The Morgan fingerprint density at radius 1 is 0.962 bits per heavy atom. The number of methoxy groups -OCH3 is 2. The van der Waals surface area contributed by atoms with Gasteiger partial charge in [-0.1, -0.05) is 0 Å². The molecule has 1 heterocycles. The van der Waals surface area contributed by atoms with E-state index in [1.54, 1.807) is 44.7 Å². The highest BCUT2D eigenvalue weighted by Crippen LogP contribution is 2.37. The van der Waals surface area contributed by atoms with Gasteiger partial charge in [0.2, 0.25) is 0 Å². The molecule has 0 aliphatic rings. The summed E-state index contributed by atoms with van der Waals surface area (Å²) >= 11 is 0. The third-order valence-electron chi connectivity index (χ3n) is 3.71. The highest BCUT2D eigenvalue weighted by molar-refractivity contribution is 5.88. The lowest BCUT2D eigenvalue weighted by atomic mass is 10.1. The van der Waals surface area contributed by atoms with Crippen LogP contribution in [0.4, 0.5) is 10.1 Å². The molecule has 2 aromatic carbocycles. The second-order valence-corrected chi connectivity index (χ2v) is 5.46. The van der Waals surface area contributed by atoms with E-state index in [-0.39, 0.29) is 5.75 Å². The first kappa shape index (κ1) is 17.8. The molecule has 3 aromatic rings. The molecule has 6 nitrogen and oxygen atoms in total. The zero-order chi connectivity index (χ0) is 18.5. The number of anilines is 1. The van der Waals surface area contributed by atoms with Crippen molar-refractivity contribution >= 4 is 16.6 Å². The summed E-state index contributed by atoms with van der Waals surface area (Å²) in [7, 11) is 3.14. The number of benzene rings is 2. The molecule has 0 aliphatic carbocycles. The highest BCUT2D eigenvalue weighted by atomic mass is 19.1. The molecule has 2 N–H and O–H groups in total. The number of hydrogen-bond donors (Lipinski definition) is 1. The predicted molar refractivity (Wildman–Crippen MR) is 96.6 cm³/mol. The molecule has 7 heteroatoms. The first-order valence-electron chi connectivity index (χ1n) is 7.93. The Morgan fingerprint density at radius 3 is 2.54 bits per heavy atom. The third kappa shape index (κ3) is 3.78. The van der Waals surface area contributed by atoms with Crippen molar-refractivity contribution in [3.63, 3.8) is 0 Å². The smallest absolute Gasteiger partial charge is 0.167 e. The Kier molecular flexibility index (Phi) is 5.38. The summed E-state index contributed by atoms with van der Waals surface area (Å²) in [6.45, 7) is 0.833. The lowest BCUT2D eigenvalue weighted by Gasteiger charge is -2.14. The van der Waals surface area contributed by atoms with Gasteiger partial charge >= 0.3 is 0 Å². The Morgan fingerprint density at radius 2 is 1.81 bits per heavy atom. The number of pyridine rings is 1. The summed E-state index contributed by atoms with van der Waals surface area (Å²) in [5.74, 6) is 1.04. The van der Waals surface area contributed by atoms with Gasteiger partial charge < -0.3 is 24.7 Å². The second-order valence-electron chi connectivity index (χ2n) is 5.46. The molecule has 0 fully saturated rings. The van der Waals surface area contributed by atoms with Crippen LogP contribution < -0.4 is 19.9 Å². The van der Waals surface area contributed by atoms with E-state index in [9.17, 15) is 4.39 Å². The van der Waals surface area contributed by atoms with E-state index in [1.165, 1.54) is 12.1 Å². The molecule has 0 atom stereocenters. The monoisotopic (exact) mass is 358 g/mol. The number of nitrogens with zero attached hydrogens (tertiary/aromatic N) is 1. The number of halogens is 1. The molecule has 0 amide bonds. The van der Waals surface area contributed by atoms with E-state index in [0.29, 0.717) is 47.1 Å². The van der Waals surface area contributed by atoms with Crippen molar-refractivity contribution < 1.29 is 23.3 Å². The van der Waals surface area contributed by atoms with E-state index in [1.807, 2.05) is 0 Å². The van der Waals surface area contributed by atoms with Crippen LogP contribution in [-0.2, 0) is 4.74 Å². The quantitative estimate of drug-likeness (QED) is 0.512. The number of ether oxygens (including phenoxy) is 4. The molecule has 0 aliphatic heterocycles. The SMILES string of the molecule is COCCOc1cc2nccc(Oc3ccc(N)cc3F)c2cc1OC. The van der Waals surface area contributed by atoms with Crippen molar-refractivity contribution in [1.82, 2.24) is 4.98 Å². The number of nitrogen functional groups attached to an aromatic ring is 1. The summed E-state index contributed by atoms with van der Waals surface area (Å²) < 4.78 is 35.8. The van der Waals surface area contributed by atoms with Gasteiger partial charge in [0.1, 0.15) is 12.4 Å². The van der Waals surface area contributed by atoms with Gasteiger partial charge in [-0.15, -0.1) is 0 Å². The molecule has 0 saturated carbocycles. The van der Waals surface area contributed by atoms with Crippen LogP contribution in [-0.4, -0.2) is 32.4 Å². The maximum absolute atomic E-state index is 14.0. The molecule has 0 spiro atoms. The number of rotatable bonds is 7. The lowest BCUT2D eigenvalue weighted by molar-refractivity contribution is 0.144. The van der Waals surface area contributed by atoms with Gasteiger partial charge in [0, 0.05) is 36.5 Å². The van der Waals surface area contributed by atoms with Gasteiger partial charge in [0.05, 0.1) is 19.2 Å². The molecule has 1 aromatic heterocycles. The number of hydrogen-bond acceptors (Lipinski definition) is 6. The number of fused-ring (bicyclic) bond motifs is 1. The van der Waals surface area contributed by atoms with Gasteiger partial charge in [0.25, 0.3) is 0 Å². The van der Waals surface area contributed by atoms with E-state index < -0.39 is 5.82 Å². The molecule has 3 rings (SSSR count). The van der Waals surface area contributed by atoms with Gasteiger partial charge in [-0.2, -0.15) is 0 Å². The van der Waals surface area contributed by atoms with Crippen LogP contribution >= 0.6 is 0 Å². The predicted octanol–water partition coefficient (Wildman–Crippen LogP) is 3.78. The van der Waals surface area contributed by atoms with Crippen LogP contribution in [0, 0.1) is 5.82 Å². The maximum atomic E-state index is 14.0. The Balaban J connectivity index is 1.98. The van der Waals surface area contributed by atoms with E-state index in [2.05, 4.69) is 4.98 Å². The first-order chi connectivity index (χ1) is 12.6. The molecular formula is C19H19FN2O4. The van der Waals surface area contributed by atoms with Crippen LogP contribution in [0.25, 0.3) is 10.9 Å². The Labute approximate surface area is 150 Å². The van der Waals surface area contributed by atoms with Crippen LogP contribution in [0.15, 0.2) is 42.6 Å². The minimum Gasteiger partial charge on any atom is -0.493 e. The fraction of sp³-hybridized carbons (Fsp3) is 0.211. The van der Waals surface area contributed by atoms with Crippen molar-refractivity contribution in [1.29, 1.82) is 0 Å². The second kappa shape index (κ2) is 7.88. The van der Waals surface area contributed by atoms with E-state index in [4.69, 9.17) is 24.7 Å². The van der Waals surface area contributed by atoms with Crippen molar-refractivity contribution in [3.05, 3.63) is 48.4 Å². The van der Waals surface area contributed by atoms with Crippen LogP contribution in [0.1, 0.15) is 0 Å². The normalized spacial score (nSPS) is 10.7. The summed E-state index contributed by atoms with van der Waals surface area (Å²) in [6.07, 6.45) is 1.58. The standard InChI is InChI=1S/C19H19FN2O4/c1-23-7-8-25-19-11-15-13(10-18(19)24-2)16(5-6-22-15)26-17-4-3-12(21)9-14(17)20/h3-6,9-11H,7-8,21H2,1-2H3. The molecule has 0 saturated heterocycles. The van der Waals surface area contributed by atoms with Crippen molar-refractivity contribution in [2.24, 2.45) is 0 Å². The molecule has 0 unspecified atom stereocenters. The first-order valence-corrected chi connectivity index (χ1v) is 7.93. The Bertz CT molecular complexity index is 917. The number of aromatic nitrogens is 1. The van der Waals surface area contributed by atoms with Crippen LogP contribution in [0.2, 0.25) is 0 Å². The minimum absolute atomic E-state index is 0.0751. The van der Waals surface area contributed by atoms with Gasteiger partial charge in [-0.25, -0.2) is 4.39 Å². The van der Waals surface area contributed by atoms with Crippen LogP contribution in [0.5, 0.6) is 23.0 Å². The van der Waals surface area contributed by atoms with Crippen molar-refractivity contribution in [2.45, 2.75) is 0 Å². The molecule has 0 radical (unpaired) electrons. The summed E-state index contributed by atoms with van der Waals surface area (Å²) in [5.41, 5.74) is 6.53. The number of nitrogens with two attached hydrogens (primary N) is 1. The minimum atomic E-state index is -0.540. The largest absolute Gasteiger partial charge is 0.493 e. The summed E-state index contributed by atoms with van der Waals surface area (Å²) in [5, 5.41) is 0.666. The third-order valence-corrected chi connectivity index (χ3v) is 3.71. The summed E-state index contributed by atoms with van der Waals surface area (Å²) in [4.78, 5) is 4.32. The van der Waals surface area contributed by atoms with E-state index >= 15 is 0 Å². The average molecular weight is 358 g/mol. The fourth-order valence-corrected chi connectivity index (χ4v) is 2.44. The molecule has 0 bridgehead atoms. The highest BCUT2D eigenvalue weighted by Gasteiger charge is 2.13. The Hall–Kier alpha value is -3.06. The maximum Gasteiger partial charge on any atom is 0.167 e. The van der Waals surface area contributed by atoms with Crippen molar-refractivity contribution in [2.75, 3.05) is 33.2 Å². The van der Waals surface area contributed by atoms with Crippen LogP contribution in [0.3, 0.4) is 0 Å². The topological polar surface area (TPSA) is 75.8 Å². The molecule has 26 heavy (non-hydrogen) atoms. The van der Waals surface area contributed by atoms with Gasteiger partial charge in [-0.05, 0) is 24.3 Å². The van der Waals surface area contributed by atoms with E-state index in [0.717, 1.165) is 0 Å².